The van der Waals surface area contributed by atoms with Gasteiger partial charge < -0.3 is 15.3 Å². The number of nitro groups is 1. The fourth-order valence-electron chi connectivity index (χ4n) is 0.854. The lowest BCUT2D eigenvalue weighted by molar-refractivity contribution is -0.391. The minimum Gasteiger partial charge on any atom is -0.409 e. The second kappa shape index (κ2) is 3.73. The molecular formula is C6H9N5O3. The number of hydrogen-bond donors (Lipinski definition) is 1. The Morgan fingerprint density at radius 3 is 3.00 bits per heavy atom. The van der Waals surface area contributed by atoms with E-state index in [1.165, 1.54) is 13.1 Å². The molecule has 0 aliphatic rings. The van der Waals surface area contributed by atoms with E-state index in [1.807, 2.05) is 0 Å². The summed E-state index contributed by atoms with van der Waals surface area (Å²) in [5, 5.41) is 23.2. The normalized spacial score (nSPS) is 11.6. The van der Waals surface area contributed by atoms with Gasteiger partial charge in [-0.1, -0.05) is 15.7 Å². The molecule has 1 N–H and O–H groups in total. The first-order valence-corrected chi connectivity index (χ1v) is 3.69. The average Bonchev–Trinajstić information content (AvgIpc) is 2.41. The zero-order valence-corrected chi connectivity index (χ0v) is 7.49. The van der Waals surface area contributed by atoms with Gasteiger partial charge in [-0.05, 0) is 4.92 Å². The molecule has 1 heterocycles. The summed E-state index contributed by atoms with van der Waals surface area (Å²) in [5.41, 5.74) is -0.197. The van der Waals surface area contributed by atoms with E-state index in [2.05, 4.69) is 16.7 Å². The van der Waals surface area contributed by atoms with Crippen molar-refractivity contribution in [3.63, 3.8) is 0 Å². The summed E-state index contributed by atoms with van der Waals surface area (Å²) in [5.74, 6) is -0.489. The van der Waals surface area contributed by atoms with Gasteiger partial charge in [0.25, 0.3) is 5.49 Å². The molecule has 0 unspecified atom stereocenters. The molecule has 0 spiro atoms. The molecule has 0 aliphatic heterocycles. The molecule has 0 saturated carbocycles. The average molecular weight is 199 g/mol. The van der Waals surface area contributed by atoms with Crippen molar-refractivity contribution >= 4 is 5.82 Å². The van der Waals surface area contributed by atoms with E-state index in [4.69, 9.17) is 0 Å². The van der Waals surface area contributed by atoms with Crippen LogP contribution in [0.25, 0.3) is 0 Å². The van der Waals surface area contributed by atoms with Crippen LogP contribution >= 0.6 is 0 Å². The van der Waals surface area contributed by atoms with Crippen molar-refractivity contribution in [1.82, 2.24) is 14.7 Å². The van der Waals surface area contributed by atoms with Gasteiger partial charge in [-0.15, -0.1) is 6.58 Å². The monoisotopic (exact) mass is 199 g/mol. The second-order valence-corrected chi connectivity index (χ2v) is 2.41. The number of rotatable bonds is 3. The summed E-state index contributed by atoms with van der Waals surface area (Å²) < 4.78 is 0. The van der Waals surface area contributed by atoms with E-state index in [0.29, 0.717) is 4.85 Å². The third kappa shape index (κ3) is 1.63. The minimum atomic E-state index is -0.714. The van der Waals surface area contributed by atoms with Crippen LogP contribution in [0.15, 0.2) is 17.6 Å². The van der Waals surface area contributed by atoms with Crippen LogP contribution < -0.4 is 5.49 Å². The van der Waals surface area contributed by atoms with Crippen molar-refractivity contribution in [1.29, 1.82) is 0 Å². The maximum atomic E-state index is 10.5. The van der Waals surface area contributed by atoms with E-state index < -0.39 is 10.7 Å². The smallest absolute Gasteiger partial charge is 0.409 e. The Kier molecular flexibility index (Phi) is 2.65. The highest BCUT2D eigenvalue weighted by Crippen LogP contribution is 1.96. The molecule has 0 amide bonds. The summed E-state index contributed by atoms with van der Waals surface area (Å²) in [6.07, 6.45) is 1.46. The van der Waals surface area contributed by atoms with Crippen LogP contribution in [0.2, 0.25) is 0 Å². The topological polar surface area (TPSA) is 98.5 Å². The molecule has 0 radical (unpaired) electrons. The van der Waals surface area contributed by atoms with Crippen LogP contribution in [-0.4, -0.2) is 31.4 Å². The summed E-state index contributed by atoms with van der Waals surface area (Å²) in [6, 6.07) is 0. The number of nitrogens with zero attached hydrogens (tertiary/aromatic N) is 5. The first kappa shape index (κ1) is 9.96. The number of aryl methyl sites for hydroxylation is 1. The molecule has 0 saturated heterocycles. The van der Waals surface area contributed by atoms with Crippen LogP contribution in [0.4, 0.5) is 5.82 Å². The van der Waals surface area contributed by atoms with E-state index >= 15 is 0 Å². The molecule has 0 aromatic carbocycles. The van der Waals surface area contributed by atoms with Gasteiger partial charge in [-0.3, -0.25) is 4.99 Å². The van der Waals surface area contributed by atoms with Gasteiger partial charge in [0.2, 0.25) is 0 Å². The van der Waals surface area contributed by atoms with Crippen LogP contribution in [0.5, 0.6) is 0 Å². The molecule has 8 nitrogen and oxygen atoms in total. The van der Waals surface area contributed by atoms with Crippen LogP contribution in [0, 0.1) is 10.1 Å². The van der Waals surface area contributed by atoms with E-state index in [1.54, 1.807) is 0 Å². The summed E-state index contributed by atoms with van der Waals surface area (Å²) in [4.78, 5) is 14.9. The highest BCUT2D eigenvalue weighted by Gasteiger charge is 2.20. The van der Waals surface area contributed by atoms with Crippen molar-refractivity contribution in [3.05, 3.63) is 28.3 Å². The predicted molar refractivity (Wildman–Crippen MR) is 45.7 cm³/mol. The zero-order valence-electron chi connectivity index (χ0n) is 7.49. The maximum Gasteiger partial charge on any atom is 0.438 e. The van der Waals surface area contributed by atoms with Gasteiger partial charge in [-0.2, -0.15) is 0 Å². The van der Waals surface area contributed by atoms with Gasteiger partial charge in [0.15, 0.2) is 0 Å². The third-order valence-corrected chi connectivity index (χ3v) is 1.45. The molecule has 0 atom stereocenters. The van der Waals surface area contributed by atoms with Gasteiger partial charge in [0, 0.05) is 0 Å². The third-order valence-electron chi connectivity index (χ3n) is 1.45. The number of aromatic nitrogens is 3. The SMILES string of the molecule is C=CCN=c1c([N+](=O)[O-])nn(C)n1O. The van der Waals surface area contributed by atoms with E-state index in [9.17, 15) is 15.3 Å². The minimum absolute atomic E-state index is 0.174. The van der Waals surface area contributed by atoms with Crippen molar-refractivity contribution in [2.45, 2.75) is 0 Å². The predicted octanol–water partition coefficient (Wildman–Crippen LogP) is -0.546. The van der Waals surface area contributed by atoms with Gasteiger partial charge >= 0.3 is 5.82 Å². The van der Waals surface area contributed by atoms with Gasteiger partial charge in [0.1, 0.15) is 0 Å². The molecule has 0 fully saturated rings. The zero-order chi connectivity index (χ0) is 10.7. The van der Waals surface area contributed by atoms with Crippen molar-refractivity contribution in [2.75, 3.05) is 6.54 Å². The molecule has 1 aromatic heterocycles. The van der Waals surface area contributed by atoms with Gasteiger partial charge in [0.05, 0.1) is 18.7 Å². The van der Waals surface area contributed by atoms with Crippen LogP contribution in [-0.2, 0) is 7.05 Å². The molecule has 0 aliphatic carbocycles. The molecule has 1 aromatic rings. The van der Waals surface area contributed by atoms with Crippen LogP contribution in [0.3, 0.4) is 0 Å². The van der Waals surface area contributed by atoms with Crippen LogP contribution in [0.1, 0.15) is 0 Å². The Balaban J connectivity index is 3.37. The lowest BCUT2D eigenvalue weighted by Crippen LogP contribution is -2.21. The quantitative estimate of drug-likeness (QED) is 0.305. The van der Waals surface area contributed by atoms with Gasteiger partial charge in [-0.25, -0.2) is 0 Å². The molecule has 14 heavy (non-hydrogen) atoms. The first-order valence-electron chi connectivity index (χ1n) is 3.69. The Hall–Kier alpha value is -2.12. The molecule has 1 rings (SSSR count). The largest absolute Gasteiger partial charge is 0.438 e. The van der Waals surface area contributed by atoms with E-state index in [0.717, 1.165) is 4.80 Å². The second-order valence-electron chi connectivity index (χ2n) is 2.41. The molecular weight excluding hydrogens is 190 g/mol. The Labute approximate surface area is 78.5 Å². The highest BCUT2D eigenvalue weighted by atomic mass is 16.6. The van der Waals surface area contributed by atoms with Crippen molar-refractivity contribution < 1.29 is 10.1 Å². The number of hydrogen-bond acceptors (Lipinski definition) is 5. The Bertz CT molecular complexity index is 429. The molecule has 8 heteroatoms. The summed E-state index contributed by atoms with van der Waals surface area (Å²) >= 11 is 0. The fourth-order valence-corrected chi connectivity index (χ4v) is 0.854. The van der Waals surface area contributed by atoms with E-state index in [-0.39, 0.29) is 12.0 Å². The Morgan fingerprint density at radius 1 is 1.86 bits per heavy atom. The maximum absolute atomic E-state index is 10.5. The van der Waals surface area contributed by atoms with Crippen molar-refractivity contribution in [3.8, 4) is 0 Å². The molecule has 0 bridgehead atoms. The standard InChI is InChI=1S/C6H9N5O3/c1-3-4-7-5-6(11(13)14)8-9(2)10(5)12/h3,12H,1,4H2,2H3. The highest BCUT2D eigenvalue weighted by molar-refractivity contribution is 5.09. The summed E-state index contributed by atoms with van der Waals surface area (Å²) in [6.45, 7) is 3.58. The lowest BCUT2D eigenvalue weighted by atomic mass is 10.6. The van der Waals surface area contributed by atoms with Crippen molar-refractivity contribution in [2.24, 2.45) is 12.0 Å². The molecule has 76 valence electrons. The first-order chi connectivity index (χ1) is 6.57. The fraction of sp³-hybridized carbons (Fsp3) is 0.333. The summed E-state index contributed by atoms with van der Waals surface area (Å²) in [7, 11) is 1.36. The lowest BCUT2D eigenvalue weighted by Gasteiger charge is -1.89. The Morgan fingerprint density at radius 2 is 2.50 bits per heavy atom.